The number of rotatable bonds is 0. The Labute approximate surface area is 141 Å². The molecule has 0 unspecified atom stereocenters. The molecular weight excluding hydrogens is 304 g/mol. The number of aromatic hydroxyl groups is 1. The number of hydrogen-bond acceptors (Lipinski definition) is 4. The maximum absolute atomic E-state index is 10.1. The van der Waals surface area contributed by atoms with Crippen LogP contribution in [-0.4, -0.2) is 34.6 Å². The molecule has 1 aliphatic heterocycles. The second-order valence-corrected chi connectivity index (χ2v) is 8.88. The summed E-state index contributed by atoms with van der Waals surface area (Å²) in [6, 6.07) is 6.67. The first-order valence-electron chi connectivity index (χ1n) is 8.55. The Morgan fingerprint density at radius 1 is 1.35 bits per heavy atom. The Morgan fingerprint density at radius 2 is 2.22 bits per heavy atom. The standard InChI is InChI=1S/C19H22N2OS/c1-11-20-16-10-19-5-6-21(2)17(15(19)9-18(16)23-11)7-12-3-4-13(22)8-14(12)19/h3-4,8,15,17,22H,5-7,9-10H2,1-2H3/t15-,17+,19+/m0/s1. The first-order chi connectivity index (χ1) is 11.1. The molecule has 0 amide bonds. The number of aryl methyl sites for hydroxylation is 1. The van der Waals surface area contributed by atoms with Gasteiger partial charge >= 0.3 is 0 Å². The van der Waals surface area contributed by atoms with E-state index in [2.05, 4.69) is 24.9 Å². The summed E-state index contributed by atoms with van der Waals surface area (Å²) in [6.07, 6.45) is 4.51. The van der Waals surface area contributed by atoms with E-state index in [0.29, 0.717) is 17.7 Å². The highest BCUT2D eigenvalue weighted by Gasteiger charge is 2.55. The van der Waals surface area contributed by atoms with Gasteiger partial charge in [-0.1, -0.05) is 6.07 Å². The van der Waals surface area contributed by atoms with Crippen LogP contribution in [0.4, 0.5) is 0 Å². The Hall–Kier alpha value is -1.39. The largest absolute Gasteiger partial charge is 0.508 e. The van der Waals surface area contributed by atoms with Gasteiger partial charge in [-0.05, 0) is 69.0 Å². The molecule has 2 aliphatic carbocycles. The number of piperidine rings is 1. The lowest BCUT2D eigenvalue weighted by atomic mass is 9.53. The zero-order valence-electron chi connectivity index (χ0n) is 13.7. The number of phenols is 1. The van der Waals surface area contributed by atoms with Gasteiger partial charge in [0.15, 0.2) is 0 Å². The fraction of sp³-hybridized carbons (Fsp3) is 0.526. The summed E-state index contributed by atoms with van der Waals surface area (Å²) in [5.41, 5.74) is 4.34. The average Bonchev–Trinajstić information content (AvgIpc) is 2.88. The number of aromatic nitrogens is 1. The molecule has 2 bridgehead atoms. The van der Waals surface area contributed by atoms with Crippen LogP contribution in [0.3, 0.4) is 0 Å². The van der Waals surface area contributed by atoms with Crippen molar-refractivity contribution >= 4 is 11.3 Å². The third kappa shape index (κ3) is 1.82. The predicted molar refractivity (Wildman–Crippen MR) is 92.3 cm³/mol. The third-order valence-electron chi connectivity index (χ3n) is 6.48. The Bertz CT molecular complexity index is 799. The van der Waals surface area contributed by atoms with Gasteiger partial charge in [0.05, 0.1) is 10.7 Å². The Balaban J connectivity index is 1.74. The molecule has 0 radical (unpaired) electrons. The average molecular weight is 326 g/mol. The summed E-state index contributed by atoms with van der Waals surface area (Å²) < 4.78 is 0. The maximum Gasteiger partial charge on any atom is 0.115 e. The zero-order chi connectivity index (χ0) is 15.8. The minimum Gasteiger partial charge on any atom is -0.508 e. The molecule has 2 aromatic rings. The number of fused-ring (bicyclic) bond motifs is 2. The van der Waals surface area contributed by atoms with Crippen molar-refractivity contribution in [1.29, 1.82) is 0 Å². The van der Waals surface area contributed by atoms with Gasteiger partial charge < -0.3 is 10.0 Å². The minimum absolute atomic E-state index is 0.178. The van der Waals surface area contributed by atoms with E-state index >= 15 is 0 Å². The topological polar surface area (TPSA) is 36.4 Å². The highest BCUT2D eigenvalue weighted by Crippen LogP contribution is 2.55. The van der Waals surface area contributed by atoms with E-state index in [1.807, 2.05) is 23.5 Å². The van der Waals surface area contributed by atoms with Crippen molar-refractivity contribution in [3.05, 3.63) is 44.9 Å². The zero-order valence-corrected chi connectivity index (χ0v) is 14.5. The van der Waals surface area contributed by atoms with Gasteiger partial charge in [0.25, 0.3) is 0 Å². The molecule has 1 aromatic heterocycles. The summed E-state index contributed by atoms with van der Waals surface area (Å²) in [6.45, 7) is 3.27. The van der Waals surface area contributed by atoms with Gasteiger partial charge in [-0.2, -0.15) is 0 Å². The summed E-state index contributed by atoms with van der Waals surface area (Å²) in [4.78, 5) is 8.91. The van der Waals surface area contributed by atoms with Crippen molar-refractivity contribution in [3.8, 4) is 5.75 Å². The van der Waals surface area contributed by atoms with Crippen molar-refractivity contribution in [2.24, 2.45) is 5.92 Å². The van der Waals surface area contributed by atoms with Gasteiger partial charge in [-0.3, -0.25) is 0 Å². The second kappa shape index (κ2) is 4.58. The van der Waals surface area contributed by atoms with Crippen LogP contribution in [0, 0.1) is 12.8 Å². The lowest BCUT2D eigenvalue weighted by Crippen LogP contribution is -2.61. The van der Waals surface area contributed by atoms with Crippen LogP contribution in [-0.2, 0) is 24.7 Å². The molecule has 5 rings (SSSR count). The summed E-state index contributed by atoms with van der Waals surface area (Å²) in [5.74, 6) is 1.07. The molecule has 120 valence electrons. The molecule has 3 atom stereocenters. The summed E-state index contributed by atoms with van der Waals surface area (Å²) >= 11 is 1.89. The van der Waals surface area contributed by atoms with E-state index in [4.69, 9.17) is 4.98 Å². The molecule has 4 heteroatoms. The van der Waals surface area contributed by atoms with Crippen molar-refractivity contribution in [2.75, 3.05) is 13.6 Å². The fourth-order valence-corrected chi connectivity index (χ4v) is 6.43. The highest BCUT2D eigenvalue weighted by molar-refractivity contribution is 7.11. The van der Waals surface area contributed by atoms with Gasteiger partial charge in [-0.25, -0.2) is 4.98 Å². The molecule has 23 heavy (non-hydrogen) atoms. The number of phenolic OH excluding ortho intramolecular Hbond substituents is 1. The van der Waals surface area contributed by atoms with Crippen molar-refractivity contribution in [1.82, 2.24) is 9.88 Å². The van der Waals surface area contributed by atoms with Crippen LogP contribution in [0.5, 0.6) is 5.75 Å². The van der Waals surface area contributed by atoms with E-state index in [1.165, 1.54) is 33.1 Å². The van der Waals surface area contributed by atoms with Crippen LogP contribution in [0.25, 0.3) is 0 Å². The van der Waals surface area contributed by atoms with Gasteiger partial charge in [-0.15, -0.1) is 11.3 Å². The molecule has 1 fully saturated rings. The van der Waals surface area contributed by atoms with Gasteiger partial charge in [0.2, 0.25) is 0 Å². The SMILES string of the molecule is Cc1nc2c(s1)C[C@H]1[C@H]3Cc4ccc(O)cc4[C@@]1(CCN3C)C2. The number of nitrogens with zero attached hydrogens (tertiary/aromatic N) is 2. The van der Waals surface area contributed by atoms with Crippen molar-refractivity contribution in [2.45, 2.75) is 44.1 Å². The van der Waals surface area contributed by atoms with Crippen LogP contribution in [0.15, 0.2) is 18.2 Å². The van der Waals surface area contributed by atoms with E-state index in [-0.39, 0.29) is 5.41 Å². The van der Waals surface area contributed by atoms with Gasteiger partial charge in [0.1, 0.15) is 5.75 Å². The second-order valence-electron chi connectivity index (χ2n) is 7.59. The van der Waals surface area contributed by atoms with Gasteiger partial charge in [0, 0.05) is 22.8 Å². The van der Waals surface area contributed by atoms with E-state index < -0.39 is 0 Å². The van der Waals surface area contributed by atoms with Crippen LogP contribution in [0.1, 0.15) is 33.1 Å². The number of benzene rings is 1. The molecule has 1 aromatic carbocycles. The maximum atomic E-state index is 10.1. The molecule has 0 spiro atoms. The fourth-order valence-electron chi connectivity index (χ4n) is 5.42. The molecule has 3 aliphatic rings. The monoisotopic (exact) mass is 326 g/mol. The summed E-state index contributed by atoms with van der Waals surface area (Å²) in [7, 11) is 2.29. The van der Waals surface area contributed by atoms with E-state index in [9.17, 15) is 5.11 Å². The van der Waals surface area contributed by atoms with Crippen LogP contribution < -0.4 is 0 Å². The molecule has 1 saturated heterocycles. The lowest BCUT2D eigenvalue weighted by molar-refractivity contribution is 0.0243. The quantitative estimate of drug-likeness (QED) is 0.808. The smallest absolute Gasteiger partial charge is 0.115 e. The highest BCUT2D eigenvalue weighted by atomic mass is 32.1. The van der Waals surface area contributed by atoms with Crippen LogP contribution in [0.2, 0.25) is 0 Å². The molecular formula is C19H22N2OS. The number of thiazole rings is 1. The predicted octanol–water partition coefficient (Wildman–Crippen LogP) is 3.07. The first kappa shape index (κ1) is 14.0. The molecule has 1 N–H and O–H groups in total. The van der Waals surface area contributed by atoms with Crippen molar-refractivity contribution in [3.63, 3.8) is 0 Å². The number of hydrogen-bond donors (Lipinski definition) is 1. The number of likely N-dealkylation sites (N-methyl/N-ethyl adjacent to an activating group) is 1. The number of likely N-dealkylation sites (tertiary alicyclic amines) is 1. The van der Waals surface area contributed by atoms with Crippen molar-refractivity contribution < 1.29 is 5.11 Å². The Kier molecular flexibility index (Phi) is 2.79. The van der Waals surface area contributed by atoms with E-state index in [1.54, 1.807) is 0 Å². The summed E-state index contributed by atoms with van der Waals surface area (Å²) in [5, 5.41) is 11.3. The molecule has 2 heterocycles. The Morgan fingerprint density at radius 3 is 3.09 bits per heavy atom. The minimum atomic E-state index is 0.178. The third-order valence-corrected chi connectivity index (χ3v) is 7.52. The van der Waals surface area contributed by atoms with Crippen LogP contribution >= 0.6 is 11.3 Å². The first-order valence-corrected chi connectivity index (χ1v) is 9.36. The van der Waals surface area contributed by atoms with E-state index in [0.717, 1.165) is 25.8 Å². The molecule has 0 saturated carbocycles. The normalized spacial score (nSPS) is 32.1. The molecule has 3 nitrogen and oxygen atoms in total. The lowest BCUT2D eigenvalue weighted by Gasteiger charge is -2.57.